The number of hydrogen-bond acceptors (Lipinski definition) is 10. The number of ether oxygens (including phenoxy) is 5. The van der Waals surface area contributed by atoms with Crippen LogP contribution in [-0.2, 0) is 33.3 Å². The van der Waals surface area contributed by atoms with Crippen LogP contribution in [0, 0.1) is 40.4 Å². The van der Waals surface area contributed by atoms with Crippen molar-refractivity contribution in [3.05, 3.63) is 71.8 Å². The summed E-state index contributed by atoms with van der Waals surface area (Å²) in [7, 11) is 0. The van der Waals surface area contributed by atoms with Crippen molar-refractivity contribution in [1.29, 1.82) is 0 Å². The third-order valence-corrected chi connectivity index (χ3v) is 12.5. The first kappa shape index (κ1) is 32.8. The molecule has 48 heavy (non-hydrogen) atoms. The van der Waals surface area contributed by atoms with Gasteiger partial charge in [-0.2, -0.15) is 0 Å². The van der Waals surface area contributed by atoms with E-state index in [1.54, 1.807) is 54.6 Å². The minimum Gasteiger partial charge on any atom is -0.462 e. The molecule has 256 valence electrons. The Bertz CT molecular complexity index is 1620. The van der Waals surface area contributed by atoms with Crippen molar-refractivity contribution in [1.82, 2.24) is 0 Å². The molecule has 12 atom stereocenters. The summed E-state index contributed by atoms with van der Waals surface area (Å²) in [4.78, 5) is 53.5. The summed E-state index contributed by atoms with van der Waals surface area (Å²) in [6.07, 6.45) is -3.54. The standard InChI is InChI=1S/C38H44O10/c1-20-18-38(43)28(29(20)45-21(2)39)31(48-33(42)24-15-11-8-12-16-24)37-19-44-36(6,34(38)46-22(3)40)30(37)27-25(35(27,4)5)17-26(37)47-32(41)23-13-9-7-10-14-23/h7-16,20,25-31,34,43H,17-19H2,1-6H3/t20-,25-,26+,27-,28+,29-,30-,31+,34-,36+,37+,38+/m0/s1. The number of fused-ring (bicyclic) bond motifs is 2. The first-order valence-corrected chi connectivity index (χ1v) is 16.9. The lowest BCUT2D eigenvalue weighted by molar-refractivity contribution is -0.234. The third kappa shape index (κ3) is 4.65. The van der Waals surface area contributed by atoms with Gasteiger partial charge < -0.3 is 28.8 Å². The van der Waals surface area contributed by atoms with Crippen LogP contribution in [0.2, 0.25) is 0 Å². The molecular weight excluding hydrogens is 616 g/mol. The molecule has 2 bridgehead atoms. The van der Waals surface area contributed by atoms with Crippen molar-refractivity contribution >= 4 is 23.9 Å². The normalized spacial score (nSPS) is 41.4. The van der Waals surface area contributed by atoms with Crippen molar-refractivity contribution < 1.29 is 48.0 Å². The molecule has 5 fully saturated rings. The SMILES string of the molecule is CC(=O)O[C@@H]1[C@@H]2[C@@H](OC(=O)c3ccccc3)[C@@]34CO[C@@](C)([C@H](OC(C)=O)[C@@]2(O)C[C@@H]1C)[C@@H]3[C@@H]1[C@H](C[C@H]4OC(=O)c2ccccc2)C1(C)C. The zero-order valence-electron chi connectivity index (χ0n) is 28.2. The zero-order valence-corrected chi connectivity index (χ0v) is 28.2. The van der Waals surface area contributed by atoms with Gasteiger partial charge in [0.15, 0.2) is 6.10 Å². The average molecular weight is 661 g/mol. The van der Waals surface area contributed by atoms with Crippen molar-refractivity contribution in [2.24, 2.45) is 40.4 Å². The Morgan fingerprint density at radius 2 is 1.35 bits per heavy atom. The van der Waals surface area contributed by atoms with Crippen molar-refractivity contribution in [3.8, 4) is 0 Å². The van der Waals surface area contributed by atoms with Gasteiger partial charge in [0.25, 0.3) is 0 Å². The maximum absolute atomic E-state index is 14.1. The summed E-state index contributed by atoms with van der Waals surface area (Å²) in [5.74, 6) is -4.14. The minimum atomic E-state index is -1.84. The van der Waals surface area contributed by atoms with Gasteiger partial charge in [-0.3, -0.25) is 9.59 Å². The average Bonchev–Trinajstić information content (AvgIpc) is 3.30. The maximum atomic E-state index is 14.1. The predicted molar refractivity (Wildman–Crippen MR) is 170 cm³/mol. The van der Waals surface area contributed by atoms with E-state index in [1.807, 2.05) is 19.9 Å². The van der Waals surface area contributed by atoms with E-state index in [2.05, 4.69) is 13.8 Å². The summed E-state index contributed by atoms with van der Waals surface area (Å²) in [5, 5.41) is 13.1. The molecule has 4 saturated carbocycles. The number of rotatable bonds is 6. The van der Waals surface area contributed by atoms with E-state index >= 15 is 0 Å². The molecule has 0 amide bonds. The number of hydrogen-bond donors (Lipinski definition) is 1. The first-order valence-electron chi connectivity index (χ1n) is 16.9. The van der Waals surface area contributed by atoms with E-state index in [9.17, 15) is 24.3 Å². The van der Waals surface area contributed by atoms with E-state index in [0.29, 0.717) is 17.5 Å². The quantitative estimate of drug-likeness (QED) is 0.341. The van der Waals surface area contributed by atoms with Crippen LogP contribution in [0.5, 0.6) is 0 Å². The lowest BCUT2D eigenvalue weighted by Gasteiger charge is -2.50. The summed E-state index contributed by atoms with van der Waals surface area (Å²) in [5.41, 5.74) is -3.87. The van der Waals surface area contributed by atoms with Crippen LogP contribution >= 0.6 is 0 Å². The van der Waals surface area contributed by atoms with Gasteiger partial charge in [-0.15, -0.1) is 0 Å². The topological polar surface area (TPSA) is 135 Å². The third-order valence-electron chi connectivity index (χ3n) is 12.5. The fraction of sp³-hybridized carbons (Fsp3) is 0.579. The Morgan fingerprint density at radius 1 is 0.792 bits per heavy atom. The van der Waals surface area contributed by atoms with Gasteiger partial charge in [0.05, 0.1) is 29.1 Å². The Morgan fingerprint density at radius 3 is 1.92 bits per heavy atom. The molecule has 10 nitrogen and oxygen atoms in total. The fourth-order valence-corrected chi connectivity index (χ4v) is 10.6. The highest BCUT2D eigenvalue weighted by molar-refractivity contribution is 5.90. The highest BCUT2D eigenvalue weighted by Gasteiger charge is 2.86. The molecule has 0 spiro atoms. The highest BCUT2D eigenvalue weighted by atomic mass is 16.6. The van der Waals surface area contributed by atoms with Crippen LogP contribution in [0.15, 0.2) is 60.7 Å². The van der Waals surface area contributed by atoms with Gasteiger partial charge in [-0.05, 0) is 67.2 Å². The second kappa shape index (κ2) is 11.1. The van der Waals surface area contributed by atoms with Crippen molar-refractivity contribution in [2.75, 3.05) is 6.61 Å². The Hall–Kier alpha value is -3.76. The van der Waals surface area contributed by atoms with Crippen molar-refractivity contribution in [3.63, 3.8) is 0 Å². The number of esters is 4. The van der Waals surface area contributed by atoms with Crippen LogP contribution in [0.4, 0.5) is 0 Å². The lowest BCUT2D eigenvalue weighted by atomic mass is 9.57. The van der Waals surface area contributed by atoms with Gasteiger partial charge in [-0.25, -0.2) is 9.59 Å². The molecule has 2 aromatic rings. The fourth-order valence-electron chi connectivity index (χ4n) is 10.6. The molecule has 7 rings (SSSR count). The smallest absolute Gasteiger partial charge is 0.338 e. The second-order valence-electron chi connectivity index (χ2n) is 15.5. The van der Waals surface area contributed by atoms with Crippen LogP contribution in [0.3, 0.4) is 0 Å². The molecule has 1 aliphatic heterocycles. The molecule has 0 radical (unpaired) electrons. The van der Waals surface area contributed by atoms with E-state index < -0.39 is 82.7 Å². The minimum absolute atomic E-state index is 0.000289. The van der Waals surface area contributed by atoms with Gasteiger partial charge >= 0.3 is 23.9 Å². The first-order chi connectivity index (χ1) is 22.7. The lowest BCUT2D eigenvalue weighted by Crippen LogP contribution is -2.63. The molecule has 1 heterocycles. The summed E-state index contributed by atoms with van der Waals surface area (Å²) in [6, 6.07) is 17.3. The Kier molecular flexibility index (Phi) is 7.60. The van der Waals surface area contributed by atoms with Crippen LogP contribution in [-0.4, -0.2) is 71.2 Å². The van der Waals surface area contributed by atoms with Crippen LogP contribution < -0.4 is 0 Å². The summed E-state index contributed by atoms with van der Waals surface area (Å²) < 4.78 is 32.1. The highest BCUT2D eigenvalue weighted by Crippen LogP contribution is 2.78. The van der Waals surface area contributed by atoms with E-state index in [1.165, 1.54) is 13.8 Å². The van der Waals surface area contributed by atoms with Crippen molar-refractivity contribution in [2.45, 2.75) is 90.0 Å². The van der Waals surface area contributed by atoms with E-state index in [0.717, 1.165) is 0 Å². The largest absolute Gasteiger partial charge is 0.462 e. The molecule has 1 saturated heterocycles. The number of carbonyl (C=O) groups excluding carboxylic acids is 4. The molecule has 4 aliphatic carbocycles. The molecule has 2 aromatic carbocycles. The van der Waals surface area contributed by atoms with Gasteiger partial charge in [0, 0.05) is 19.8 Å². The predicted octanol–water partition coefficient (Wildman–Crippen LogP) is 4.77. The van der Waals surface area contributed by atoms with E-state index in [-0.39, 0.29) is 30.3 Å². The number of aliphatic hydroxyl groups is 1. The van der Waals surface area contributed by atoms with Gasteiger partial charge in [-0.1, -0.05) is 57.2 Å². The Labute approximate surface area is 280 Å². The monoisotopic (exact) mass is 660 g/mol. The zero-order chi connectivity index (χ0) is 34.4. The summed E-state index contributed by atoms with van der Waals surface area (Å²) in [6.45, 7) is 10.6. The second-order valence-corrected chi connectivity index (χ2v) is 15.5. The molecule has 10 heteroatoms. The van der Waals surface area contributed by atoms with Gasteiger partial charge in [0.1, 0.15) is 29.5 Å². The number of carbonyl (C=O) groups is 4. The van der Waals surface area contributed by atoms with E-state index in [4.69, 9.17) is 23.7 Å². The molecule has 0 unspecified atom stereocenters. The molecular formula is C38H44O10. The Balaban J connectivity index is 1.47. The van der Waals surface area contributed by atoms with Crippen LogP contribution in [0.25, 0.3) is 0 Å². The molecule has 0 aromatic heterocycles. The van der Waals surface area contributed by atoms with Crippen LogP contribution in [0.1, 0.15) is 75.1 Å². The molecule has 5 aliphatic rings. The summed E-state index contributed by atoms with van der Waals surface area (Å²) >= 11 is 0. The molecule has 1 N–H and O–H groups in total. The number of benzene rings is 2. The van der Waals surface area contributed by atoms with Gasteiger partial charge in [0.2, 0.25) is 0 Å². The maximum Gasteiger partial charge on any atom is 0.338 e.